The Hall–Kier alpha value is -5.29. The molecule has 338 valence electrons. The third-order valence-corrected chi connectivity index (χ3v) is 13.5. The van der Waals surface area contributed by atoms with Crippen molar-refractivity contribution in [2.45, 2.75) is 168 Å². The van der Waals surface area contributed by atoms with Crippen LogP contribution in [0, 0.1) is 0 Å². The lowest BCUT2D eigenvalue weighted by atomic mass is 10.00. The molecule has 0 saturated carbocycles. The van der Waals surface area contributed by atoms with E-state index >= 15 is 0 Å². The molecule has 8 bridgehead atoms. The standard InChI is InChI=1S/C59H75N3O2/c1-3-5-7-9-11-13-15-17-19-21-23-31-50-44-33-34-47(41-44)58(45-27-25-29-48(63)42-45)55-38-36-53(61-55)51(32-24-22-20-18-16-14-12-10-8-6-4-2)54-37-40-57(62-54)59(56-39-35-52(50)60-56)46-28-26-30-49(64)43-46/h25-30,33-43,60-61,63-64H,3-24,31-32H2,1-2H3. The van der Waals surface area contributed by atoms with Crippen LogP contribution in [-0.2, 0) is 12.8 Å². The van der Waals surface area contributed by atoms with Crippen LogP contribution in [0.2, 0.25) is 0 Å². The van der Waals surface area contributed by atoms with Crippen molar-refractivity contribution in [2.24, 2.45) is 0 Å². The molecule has 0 radical (unpaired) electrons. The molecule has 7 rings (SSSR count). The molecule has 4 N–H and O–H groups in total. The summed E-state index contributed by atoms with van der Waals surface area (Å²) in [4.78, 5) is 13.2. The average Bonchev–Trinajstić information content (AvgIpc) is 4.15. The maximum absolute atomic E-state index is 10.7. The Balaban J connectivity index is 1.27. The molecule has 0 spiro atoms. The fraction of sp³-hybridized carbons (Fsp3) is 0.441. The lowest BCUT2D eigenvalue weighted by Gasteiger charge is -2.08. The van der Waals surface area contributed by atoms with Crippen LogP contribution in [0.25, 0.3) is 68.6 Å². The van der Waals surface area contributed by atoms with E-state index in [1.807, 2.05) is 24.3 Å². The summed E-state index contributed by atoms with van der Waals surface area (Å²) >= 11 is 0. The van der Waals surface area contributed by atoms with Crippen molar-refractivity contribution in [2.75, 3.05) is 0 Å². The molecule has 1 aliphatic heterocycles. The molecular weight excluding hydrogens is 783 g/mol. The summed E-state index contributed by atoms with van der Waals surface area (Å²) in [5.41, 5.74) is 14.9. The van der Waals surface area contributed by atoms with Crippen LogP contribution in [-0.4, -0.2) is 25.2 Å². The predicted molar refractivity (Wildman–Crippen MR) is 276 cm³/mol. The van der Waals surface area contributed by atoms with Crippen LogP contribution in [0.4, 0.5) is 0 Å². The second-order valence-corrected chi connectivity index (χ2v) is 18.6. The number of aromatic hydroxyl groups is 2. The summed E-state index contributed by atoms with van der Waals surface area (Å²) in [5.74, 6) is 0.500. The third-order valence-electron chi connectivity index (χ3n) is 13.5. The number of nitrogens with zero attached hydrogens (tertiary/aromatic N) is 1. The lowest BCUT2D eigenvalue weighted by molar-refractivity contribution is 0.475. The minimum atomic E-state index is 0.241. The van der Waals surface area contributed by atoms with Gasteiger partial charge < -0.3 is 20.2 Å². The van der Waals surface area contributed by atoms with E-state index in [-0.39, 0.29) is 11.5 Å². The number of hydrogen-bond acceptors (Lipinski definition) is 3. The van der Waals surface area contributed by atoms with Gasteiger partial charge in [0, 0.05) is 38.8 Å². The van der Waals surface area contributed by atoms with Gasteiger partial charge in [-0.1, -0.05) is 179 Å². The lowest BCUT2D eigenvalue weighted by Crippen LogP contribution is -1.93. The SMILES string of the molecule is CCCCCCCCCCCCCc1c2cc(c(-c3cccc(O)c3)c3ccc([nH]3)c(CCCCCCCCCCCCC)c3nc(c(-c4cccc(O)c4)c4ccc1[nH]4)C=C3)C=C2. The van der Waals surface area contributed by atoms with Gasteiger partial charge in [0.25, 0.3) is 0 Å². The molecule has 64 heavy (non-hydrogen) atoms. The van der Waals surface area contributed by atoms with Gasteiger partial charge in [0.2, 0.25) is 0 Å². The number of unbranched alkanes of at least 4 members (excludes halogenated alkanes) is 20. The number of hydrogen-bond donors (Lipinski definition) is 4. The fourth-order valence-corrected chi connectivity index (χ4v) is 9.90. The minimum Gasteiger partial charge on any atom is -0.508 e. The van der Waals surface area contributed by atoms with Crippen molar-refractivity contribution >= 4 is 46.4 Å². The molecule has 0 saturated heterocycles. The van der Waals surface area contributed by atoms with Gasteiger partial charge in [0.05, 0.1) is 11.4 Å². The highest BCUT2D eigenvalue weighted by Crippen LogP contribution is 2.37. The summed E-state index contributed by atoms with van der Waals surface area (Å²) in [6.07, 6.45) is 39.5. The van der Waals surface area contributed by atoms with Crippen molar-refractivity contribution < 1.29 is 10.2 Å². The first kappa shape index (κ1) is 46.7. The minimum absolute atomic E-state index is 0.241. The Bertz CT molecular complexity index is 2310. The zero-order chi connectivity index (χ0) is 44.4. The highest BCUT2D eigenvalue weighted by Gasteiger charge is 2.17. The molecule has 0 atom stereocenters. The highest BCUT2D eigenvalue weighted by molar-refractivity contribution is 5.96. The number of fused-ring (bicyclic) bond motifs is 8. The summed E-state index contributed by atoms with van der Waals surface area (Å²) in [7, 11) is 0. The zero-order valence-electron chi connectivity index (χ0n) is 39.1. The maximum atomic E-state index is 10.7. The van der Waals surface area contributed by atoms with E-state index in [1.54, 1.807) is 12.1 Å². The Morgan fingerprint density at radius 3 is 1.34 bits per heavy atom. The zero-order valence-corrected chi connectivity index (χ0v) is 39.1. The summed E-state index contributed by atoms with van der Waals surface area (Å²) < 4.78 is 0. The number of aromatic amines is 2. The van der Waals surface area contributed by atoms with Gasteiger partial charge in [-0.15, -0.1) is 0 Å². The molecule has 5 aromatic rings. The van der Waals surface area contributed by atoms with Gasteiger partial charge in [-0.05, 0) is 120 Å². The normalized spacial score (nSPS) is 12.2. The Kier molecular flexibility index (Phi) is 18.0. The number of phenols is 2. The molecule has 4 heterocycles. The van der Waals surface area contributed by atoms with E-state index in [4.69, 9.17) is 4.98 Å². The van der Waals surface area contributed by atoms with Gasteiger partial charge in [-0.2, -0.15) is 0 Å². The summed E-state index contributed by atoms with van der Waals surface area (Å²) in [5, 5.41) is 21.5. The van der Waals surface area contributed by atoms with Crippen molar-refractivity contribution in [3.63, 3.8) is 0 Å². The van der Waals surface area contributed by atoms with E-state index < -0.39 is 0 Å². The molecule has 0 unspecified atom stereocenters. The summed E-state index contributed by atoms with van der Waals surface area (Å²) in [6, 6.07) is 26.5. The van der Waals surface area contributed by atoms with Gasteiger partial charge >= 0.3 is 0 Å². The van der Waals surface area contributed by atoms with Crippen molar-refractivity contribution in [1.82, 2.24) is 15.0 Å². The first-order chi connectivity index (χ1) is 31.5. The quantitative estimate of drug-likeness (QED) is 0.0409. The van der Waals surface area contributed by atoms with Crippen LogP contribution in [0.15, 0.2) is 78.9 Å². The second-order valence-electron chi connectivity index (χ2n) is 18.6. The number of phenolic OH excluding ortho intramolecular Hbond substituents is 2. The predicted octanol–water partition coefficient (Wildman–Crippen LogP) is 17.7. The maximum Gasteiger partial charge on any atom is 0.116 e. The van der Waals surface area contributed by atoms with Crippen molar-refractivity contribution in [3.05, 3.63) is 113 Å². The van der Waals surface area contributed by atoms with Gasteiger partial charge in [-0.25, -0.2) is 4.98 Å². The first-order valence-corrected chi connectivity index (χ1v) is 25.4. The third kappa shape index (κ3) is 12.9. The molecule has 3 aromatic heterocycles. The molecular formula is C59H75N3O2. The van der Waals surface area contributed by atoms with Gasteiger partial charge in [-0.3, -0.25) is 0 Å². The van der Waals surface area contributed by atoms with Crippen LogP contribution >= 0.6 is 0 Å². The first-order valence-electron chi connectivity index (χ1n) is 25.4. The van der Waals surface area contributed by atoms with Gasteiger partial charge in [0.15, 0.2) is 0 Å². The Labute approximate surface area is 384 Å². The van der Waals surface area contributed by atoms with E-state index in [0.29, 0.717) is 0 Å². The van der Waals surface area contributed by atoms with Crippen LogP contribution in [0.1, 0.15) is 189 Å². The second kappa shape index (κ2) is 24.7. The van der Waals surface area contributed by atoms with Crippen LogP contribution in [0.5, 0.6) is 11.5 Å². The number of aromatic nitrogens is 3. The smallest absolute Gasteiger partial charge is 0.116 e. The molecule has 1 aliphatic carbocycles. The topological polar surface area (TPSA) is 84.9 Å². The number of aryl methyl sites for hydroxylation is 2. The number of benzene rings is 2. The number of H-pyrrole nitrogens is 2. The number of rotatable bonds is 26. The molecule has 0 fully saturated rings. The van der Waals surface area contributed by atoms with E-state index in [9.17, 15) is 10.2 Å². The van der Waals surface area contributed by atoms with E-state index in [2.05, 4.69) is 90.6 Å². The monoisotopic (exact) mass is 858 g/mol. The van der Waals surface area contributed by atoms with Crippen molar-refractivity contribution in [1.29, 1.82) is 0 Å². The van der Waals surface area contributed by atoms with Crippen LogP contribution in [0.3, 0.4) is 0 Å². The van der Waals surface area contributed by atoms with E-state index in [1.165, 1.54) is 145 Å². The Morgan fingerprint density at radius 2 is 0.812 bits per heavy atom. The molecule has 5 heteroatoms. The average molecular weight is 858 g/mol. The molecule has 5 nitrogen and oxygen atoms in total. The highest BCUT2D eigenvalue weighted by atomic mass is 16.3. The molecule has 0 amide bonds. The van der Waals surface area contributed by atoms with Crippen molar-refractivity contribution in [3.8, 4) is 33.8 Å². The fourth-order valence-electron chi connectivity index (χ4n) is 9.90. The summed E-state index contributed by atoms with van der Waals surface area (Å²) in [6.45, 7) is 4.57. The largest absolute Gasteiger partial charge is 0.508 e. The molecule has 2 aliphatic rings. The van der Waals surface area contributed by atoms with Gasteiger partial charge in [0.1, 0.15) is 11.5 Å². The molecule has 2 aromatic carbocycles. The van der Waals surface area contributed by atoms with E-state index in [0.717, 1.165) is 87.0 Å². The Morgan fingerprint density at radius 1 is 0.391 bits per heavy atom. The van der Waals surface area contributed by atoms with Crippen LogP contribution < -0.4 is 0 Å². The number of nitrogens with one attached hydrogen (secondary N) is 2.